The molecule has 0 saturated carbocycles. The van der Waals surface area contributed by atoms with E-state index in [0.29, 0.717) is 12.1 Å². The van der Waals surface area contributed by atoms with E-state index in [4.69, 9.17) is 0 Å². The highest BCUT2D eigenvalue weighted by molar-refractivity contribution is 5.71. The monoisotopic (exact) mass is 400 g/mol. The third-order valence-electron chi connectivity index (χ3n) is 5.85. The fourth-order valence-corrected chi connectivity index (χ4v) is 4.15. The molecule has 154 valence electrons. The molecule has 0 unspecified atom stereocenters. The van der Waals surface area contributed by atoms with Gasteiger partial charge in [-0.3, -0.25) is 0 Å². The predicted molar refractivity (Wildman–Crippen MR) is 121 cm³/mol. The maximum atomic E-state index is 4.69. The highest BCUT2D eigenvalue weighted by Gasteiger charge is 2.19. The lowest BCUT2D eigenvalue weighted by Crippen LogP contribution is -2.14. The summed E-state index contributed by atoms with van der Waals surface area (Å²) >= 11 is 0. The van der Waals surface area contributed by atoms with Crippen LogP contribution in [0.25, 0.3) is 24.3 Å². The summed E-state index contributed by atoms with van der Waals surface area (Å²) in [4.78, 5) is 15.9. The van der Waals surface area contributed by atoms with Crippen LogP contribution in [0.3, 0.4) is 0 Å². The summed E-state index contributed by atoms with van der Waals surface area (Å²) in [5, 5.41) is 6.94. The Kier molecular flexibility index (Phi) is 5.59. The van der Waals surface area contributed by atoms with Gasteiger partial charge in [-0.2, -0.15) is 0 Å². The fraction of sp³-hybridized carbons (Fsp3) is 0.333. The van der Waals surface area contributed by atoms with Gasteiger partial charge in [0.05, 0.1) is 29.7 Å². The van der Waals surface area contributed by atoms with E-state index < -0.39 is 0 Å². The topological polar surface area (TPSA) is 81.4 Å². The van der Waals surface area contributed by atoms with Crippen LogP contribution < -0.4 is 10.6 Å². The average Bonchev–Trinajstić information content (AvgIpc) is 3.57. The van der Waals surface area contributed by atoms with Gasteiger partial charge in [-0.05, 0) is 62.1 Å². The number of rotatable bonds is 6. The van der Waals surface area contributed by atoms with Crippen LogP contribution >= 0.6 is 0 Å². The highest BCUT2D eigenvalue weighted by Crippen LogP contribution is 2.22. The van der Waals surface area contributed by atoms with Gasteiger partial charge in [-0.15, -0.1) is 0 Å². The summed E-state index contributed by atoms with van der Waals surface area (Å²) in [5.41, 5.74) is 4.33. The summed E-state index contributed by atoms with van der Waals surface area (Å²) in [6.45, 7) is 2.16. The minimum absolute atomic E-state index is 0.373. The molecular formula is C24H28N6. The van der Waals surface area contributed by atoms with E-state index >= 15 is 0 Å². The number of benzene rings is 1. The third-order valence-corrected chi connectivity index (χ3v) is 5.85. The first-order chi connectivity index (χ1) is 14.8. The van der Waals surface area contributed by atoms with E-state index in [9.17, 15) is 0 Å². The van der Waals surface area contributed by atoms with E-state index in [0.717, 1.165) is 60.1 Å². The van der Waals surface area contributed by atoms with Crippen LogP contribution in [0.2, 0.25) is 0 Å². The zero-order valence-corrected chi connectivity index (χ0v) is 17.1. The maximum Gasteiger partial charge on any atom is 0.123 e. The molecule has 2 aliphatic rings. The van der Waals surface area contributed by atoms with Gasteiger partial charge in [0.25, 0.3) is 0 Å². The molecule has 1 aromatic carbocycles. The molecule has 6 heteroatoms. The lowest BCUT2D eigenvalue weighted by atomic mass is 10.1. The molecule has 0 bridgehead atoms. The number of aromatic nitrogens is 4. The molecule has 3 aromatic rings. The zero-order chi connectivity index (χ0) is 20.2. The smallest absolute Gasteiger partial charge is 0.123 e. The highest BCUT2D eigenvalue weighted by atomic mass is 15.0. The van der Waals surface area contributed by atoms with Gasteiger partial charge in [0.15, 0.2) is 0 Å². The minimum Gasteiger partial charge on any atom is -0.347 e. The van der Waals surface area contributed by atoms with E-state index in [1.54, 1.807) is 0 Å². The van der Waals surface area contributed by atoms with Crippen LogP contribution in [0.1, 0.15) is 71.9 Å². The summed E-state index contributed by atoms with van der Waals surface area (Å²) in [7, 11) is 0. The van der Waals surface area contributed by atoms with Gasteiger partial charge in [-0.1, -0.05) is 36.4 Å². The Balaban J connectivity index is 1.19. The van der Waals surface area contributed by atoms with Crippen LogP contribution in [-0.2, 0) is 0 Å². The predicted octanol–water partition coefficient (Wildman–Crippen LogP) is 4.32. The molecule has 30 heavy (non-hydrogen) atoms. The molecule has 0 aliphatic carbocycles. The van der Waals surface area contributed by atoms with Crippen LogP contribution in [0.4, 0.5) is 0 Å². The van der Waals surface area contributed by atoms with Crippen molar-refractivity contribution in [1.29, 1.82) is 0 Å². The van der Waals surface area contributed by atoms with Crippen LogP contribution in [0, 0.1) is 0 Å². The largest absolute Gasteiger partial charge is 0.347 e. The summed E-state index contributed by atoms with van der Waals surface area (Å²) < 4.78 is 0. The zero-order valence-electron chi connectivity index (χ0n) is 17.1. The maximum absolute atomic E-state index is 4.69. The standard InChI is InChI=1S/C24H28N6/c1-3-21(25-13-1)23-27-15-19(29-23)11-9-17-5-7-18(8-6-17)10-12-20-16-28-24(30-20)22-4-2-14-26-22/h5-12,15-16,21-22,25-26H,1-4,13-14H2,(H,27,29)(H,28,30)/t21-,22-/m0/s1. The van der Waals surface area contributed by atoms with Gasteiger partial charge < -0.3 is 20.6 Å². The second-order valence-corrected chi connectivity index (χ2v) is 8.07. The number of nitrogens with zero attached hydrogens (tertiary/aromatic N) is 2. The Bertz CT molecular complexity index is 931. The molecule has 4 heterocycles. The normalized spacial score (nSPS) is 22.0. The molecule has 2 saturated heterocycles. The third kappa shape index (κ3) is 4.45. The number of hydrogen-bond acceptors (Lipinski definition) is 4. The molecule has 2 aromatic heterocycles. The molecule has 2 fully saturated rings. The first kappa shape index (κ1) is 19.0. The van der Waals surface area contributed by atoms with Crippen molar-refractivity contribution in [2.75, 3.05) is 13.1 Å². The first-order valence-corrected chi connectivity index (χ1v) is 10.9. The van der Waals surface area contributed by atoms with Crippen molar-refractivity contribution in [1.82, 2.24) is 30.6 Å². The van der Waals surface area contributed by atoms with Crippen molar-refractivity contribution >= 4 is 24.3 Å². The van der Waals surface area contributed by atoms with E-state index in [1.807, 2.05) is 12.4 Å². The molecular weight excluding hydrogens is 372 g/mol. The van der Waals surface area contributed by atoms with Crippen LogP contribution in [0.15, 0.2) is 36.7 Å². The lowest BCUT2D eigenvalue weighted by Gasteiger charge is -2.04. The second kappa shape index (κ2) is 8.81. The molecule has 0 amide bonds. The molecule has 5 rings (SSSR count). The first-order valence-electron chi connectivity index (χ1n) is 10.9. The van der Waals surface area contributed by atoms with Crippen molar-refractivity contribution in [3.8, 4) is 0 Å². The van der Waals surface area contributed by atoms with Gasteiger partial charge in [-0.25, -0.2) is 9.97 Å². The van der Waals surface area contributed by atoms with Crippen molar-refractivity contribution in [2.24, 2.45) is 0 Å². The Morgan fingerprint density at radius 1 is 0.800 bits per heavy atom. The SMILES string of the molecule is C(=Cc1c[nH]c([C@@H]2CCCN2)n1)c1ccc(C=Cc2cnc([C@@H]3CCCN3)[nH]2)cc1. The second-order valence-electron chi connectivity index (χ2n) is 8.07. The Labute approximate surface area is 176 Å². The average molecular weight is 401 g/mol. The number of imidazole rings is 2. The molecule has 2 aliphatic heterocycles. The van der Waals surface area contributed by atoms with Gasteiger partial charge in [0.1, 0.15) is 11.6 Å². The van der Waals surface area contributed by atoms with E-state index in [1.165, 1.54) is 12.8 Å². The number of hydrogen-bond donors (Lipinski definition) is 4. The number of nitrogens with one attached hydrogen (secondary N) is 4. The molecule has 0 radical (unpaired) electrons. The Morgan fingerprint density at radius 3 is 2.13 bits per heavy atom. The Hall–Kier alpha value is -2.96. The lowest BCUT2D eigenvalue weighted by molar-refractivity contribution is 0.612. The quantitative estimate of drug-likeness (QED) is 0.497. The van der Waals surface area contributed by atoms with Crippen molar-refractivity contribution in [3.63, 3.8) is 0 Å². The van der Waals surface area contributed by atoms with Crippen LogP contribution in [-0.4, -0.2) is 33.0 Å². The van der Waals surface area contributed by atoms with Crippen molar-refractivity contribution < 1.29 is 0 Å². The van der Waals surface area contributed by atoms with Gasteiger partial charge >= 0.3 is 0 Å². The number of aromatic amines is 2. The van der Waals surface area contributed by atoms with Gasteiger partial charge in [0, 0.05) is 6.20 Å². The van der Waals surface area contributed by atoms with Gasteiger partial charge in [0.2, 0.25) is 0 Å². The van der Waals surface area contributed by atoms with E-state index in [-0.39, 0.29) is 0 Å². The molecule has 2 atom stereocenters. The van der Waals surface area contributed by atoms with Crippen molar-refractivity contribution in [3.05, 3.63) is 70.8 Å². The summed E-state index contributed by atoms with van der Waals surface area (Å²) in [5.74, 6) is 2.08. The summed E-state index contributed by atoms with van der Waals surface area (Å²) in [6, 6.07) is 9.26. The minimum atomic E-state index is 0.373. The molecule has 4 N–H and O–H groups in total. The number of H-pyrrole nitrogens is 2. The Morgan fingerprint density at radius 2 is 1.47 bits per heavy atom. The van der Waals surface area contributed by atoms with E-state index in [2.05, 4.69) is 79.1 Å². The fourth-order valence-electron chi connectivity index (χ4n) is 4.15. The molecule has 0 spiro atoms. The summed E-state index contributed by atoms with van der Waals surface area (Å²) in [6.07, 6.45) is 17.0. The van der Waals surface area contributed by atoms with Crippen molar-refractivity contribution in [2.45, 2.75) is 37.8 Å². The van der Waals surface area contributed by atoms with Crippen LogP contribution in [0.5, 0.6) is 0 Å². The molecule has 6 nitrogen and oxygen atoms in total.